The molecule has 0 aromatic heterocycles. The Labute approximate surface area is 95.1 Å². The van der Waals surface area contributed by atoms with Crippen LogP contribution in [0, 0.1) is 40.9 Å². The van der Waals surface area contributed by atoms with E-state index >= 15 is 0 Å². The molecular formula is C13H15NO2. The molecule has 0 N–H and O–H groups in total. The highest BCUT2D eigenvalue weighted by Gasteiger charge is 2.54. The van der Waals surface area contributed by atoms with Crippen molar-refractivity contribution < 1.29 is 9.53 Å². The first-order valence-electron chi connectivity index (χ1n) is 5.97. The molecular weight excluding hydrogens is 202 g/mol. The molecule has 5 unspecified atom stereocenters. The first kappa shape index (κ1) is 9.89. The molecule has 2 fully saturated rings. The van der Waals surface area contributed by atoms with Crippen molar-refractivity contribution in [1.82, 2.24) is 0 Å². The van der Waals surface area contributed by atoms with Gasteiger partial charge in [-0.1, -0.05) is 0 Å². The van der Waals surface area contributed by atoms with E-state index in [4.69, 9.17) is 10.00 Å². The van der Waals surface area contributed by atoms with Gasteiger partial charge in [0.05, 0.1) is 6.07 Å². The summed E-state index contributed by atoms with van der Waals surface area (Å²) in [6.45, 7) is 1.45. The van der Waals surface area contributed by atoms with Crippen LogP contribution >= 0.6 is 0 Å². The number of ether oxygens (including phenoxy) is 1. The lowest BCUT2D eigenvalue weighted by Gasteiger charge is -2.26. The molecule has 84 valence electrons. The van der Waals surface area contributed by atoms with E-state index in [1.54, 1.807) is 0 Å². The molecule has 3 aliphatic rings. The summed E-state index contributed by atoms with van der Waals surface area (Å²) < 4.78 is 5.18. The molecule has 0 aliphatic heterocycles. The maximum Gasteiger partial charge on any atom is 0.307 e. The monoisotopic (exact) mass is 217 g/mol. The Balaban J connectivity index is 1.76. The average molecular weight is 217 g/mol. The third kappa shape index (κ3) is 1.29. The van der Waals surface area contributed by atoms with Gasteiger partial charge in [0, 0.05) is 19.3 Å². The van der Waals surface area contributed by atoms with Crippen molar-refractivity contribution in [2.24, 2.45) is 29.6 Å². The molecule has 5 atom stereocenters. The predicted molar refractivity (Wildman–Crippen MR) is 56.8 cm³/mol. The van der Waals surface area contributed by atoms with E-state index in [1.165, 1.54) is 13.3 Å². The molecule has 0 saturated heterocycles. The van der Waals surface area contributed by atoms with Crippen molar-refractivity contribution in [3.63, 3.8) is 0 Å². The van der Waals surface area contributed by atoms with Crippen LogP contribution < -0.4 is 0 Å². The third-order valence-corrected chi connectivity index (χ3v) is 4.49. The lowest BCUT2D eigenvalue weighted by Crippen LogP contribution is -2.23. The SMILES string of the molecule is CC(=O)OC1=CC2C3CC(C#N)C(C3)C2C1. The minimum atomic E-state index is -0.226. The van der Waals surface area contributed by atoms with Gasteiger partial charge in [-0.2, -0.15) is 5.26 Å². The van der Waals surface area contributed by atoms with Gasteiger partial charge in [0.15, 0.2) is 0 Å². The molecule has 0 aromatic carbocycles. The first-order valence-corrected chi connectivity index (χ1v) is 5.97. The summed E-state index contributed by atoms with van der Waals surface area (Å²) in [5, 5.41) is 9.07. The number of carbonyl (C=O) groups excluding carboxylic acids is 1. The fraction of sp³-hybridized carbons (Fsp3) is 0.692. The molecule has 0 heterocycles. The number of nitriles is 1. The summed E-state index contributed by atoms with van der Waals surface area (Å²) in [6, 6.07) is 2.43. The van der Waals surface area contributed by atoms with Gasteiger partial charge in [-0.25, -0.2) is 0 Å². The van der Waals surface area contributed by atoms with Crippen LogP contribution in [0.3, 0.4) is 0 Å². The number of allylic oxidation sites excluding steroid dienone is 2. The van der Waals surface area contributed by atoms with E-state index in [1.807, 2.05) is 0 Å². The van der Waals surface area contributed by atoms with Crippen molar-refractivity contribution in [1.29, 1.82) is 5.26 Å². The zero-order valence-corrected chi connectivity index (χ0v) is 9.35. The normalized spacial score (nSPS) is 43.8. The Morgan fingerprint density at radius 3 is 3.00 bits per heavy atom. The van der Waals surface area contributed by atoms with Gasteiger partial charge in [0.2, 0.25) is 0 Å². The predicted octanol–water partition coefficient (Wildman–Crippen LogP) is 2.25. The Morgan fingerprint density at radius 2 is 2.31 bits per heavy atom. The standard InChI is InChI=1S/C13H15NO2/c1-7(15)16-10-4-12-8-2-9(6-14)11(3-8)13(12)5-10/h4,8-9,11-13H,2-3,5H2,1H3. The fourth-order valence-electron chi connectivity index (χ4n) is 4.00. The third-order valence-electron chi connectivity index (χ3n) is 4.49. The van der Waals surface area contributed by atoms with Gasteiger partial charge in [-0.05, 0) is 42.6 Å². The number of fused-ring (bicyclic) bond motifs is 5. The van der Waals surface area contributed by atoms with Gasteiger partial charge in [0.25, 0.3) is 0 Å². The summed E-state index contributed by atoms with van der Waals surface area (Å²) in [5.74, 6) is 3.21. The highest BCUT2D eigenvalue weighted by atomic mass is 16.5. The van der Waals surface area contributed by atoms with Crippen LogP contribution in [0.1, 0.15) is 26.2 Å². The van der Waals surface area contributed by atoms with Crippen molar-refractivity contribution in [2.45, 2.75) is 26.2 Å². The molecule has 3 heteroatoms. The van der Waals surface area contributed by atoms with Crippen LogP contribution in [0.15, 0.2) is 11.8 Å². The molecule has 2 saturated carbocycles. The summed E-state index contributed by atoms with van der Waals surface area (Å²) in [7, 11) is 0. The molecule has 3 rings (SSSR count). The number of esters is 1. The van der Waals surface area contributed by atoms with Crippen LogP contribution in [0.4, 0.5) is 0 Å². The van der Waals surface area contributed by atoms with Crippen LogP contribution in [0.25, 0.3) is 0 Å². The Morgan fingerprint density at radius 1 is 1.50 bits per heavy atom. The van der Waals surface area contributed by atoms with Crippen LogP contribution in [-0.2, 0) is 9.53 Å². The second kappa shape index (κ2) is 3.35. The maximum atomic E-state index is 10.9. The molecule has 2 bridgehead atoms. The second-order valence-corrected chi connectivity index (χ2v) is 5.30. The van der Waals surface area contributed by atoms with Crippen molar-refractivity contribution in [2.75, 3.05) is 0 Å². The van der Waals surface area contributed by atoms with E-state index < -0.39 is 0 Å². The number of hydrogen-bond acceptors (Lipinski definition) is 3. The van der Waals surface area contributed by atoms with Gasteiger partial charge >= 0.3 is 5.97 Å². The van der Waals surface area contributed by atoms with Gasteiger partial charge in [-0.15, -0.1) is 0 Å². The van der Waals surface area contributed by atoms with Crippen molar-refractivity contribution in [3.8, 4) is 6.07 Å². The topological polar surface area (TPSA) is 50.1 Å². The van der Waals surface area contributed by atoms with Crippen molar-refractivity contribution >= 4 is 5.97 Å². The van der Waals surface area contributed by atoms with Gasteiger partial charge < -0.3 is 4.74 Å². The van der Waals surface area contributed by atoms with E-state index in [0.717, 1.165) is 18.6 Å². The number of rotatable bonds is 1. The quantitative estimate of drug-likeness (QED) is 0.633. The van der Waals surface area contributed by atoms with Gasteiger partial charge in [-0.3, -0.25) is 4.79 Å². The van der Waals surface area contributed by atoms with E-state index in [-0.39, 0.29) is 11.9 Å². The molecule has 16 heavy (non-hydrogen) atoms. The van der Waals surface area contributed by atoms with E-state index in [9.17, 15) is 4.79 Å². The Kier molecular flexibility index (Phi) is 2.07. The molecule has 3 nitrogen and oxygen atoms in total. The fourth-order valence-corrected chi connectivity index (χ4v) is 4.00. The molecule has 0 aromatic rings. The highest BCUT2D eigenvalue weighted by Crippen LogP contribution is 2.60. The first-order chi connectivity index (χ1) is 7.69. The van der Waals surface area contributed by atoms with Crippen LogP contribution in [-0.4, -0.2) is 5.97 Å². The Hall–Kier alpha value is -1.30. The molecule has 0 spiro atoms. The zero-order chi connectivity index (χ0) is 11.3. The van der Waals surface area contributed by atoms with Crippen LogP contribution in [0.5, 0.6) is 0 Å². The minimum absolute atomic E-state index is 0.226. The number of nitrogens with zero attached hydrogens (tertiary/aromatic N) is 1. The largest absolute Gasteiger partial charge is 0.432 e. The Bertz CT molecular complexity index is 407. The minimum Gasteiger partial charge on any atom is -0.432 e. The second-order valence-electron chi connectivity index (χ2n) is 5.30. The molecule has 0 amide bonds. The zero-order valence-electron chi connectivity index (χ0n) is 9.35. The number of hydrogen-bond donors (Lipinski definition) is 0. The van der Waals surface area contributed by atoms with Crippen molar-refractivity contribution in [3.05, 3.63) is 11.8 Å². The smallest absolute Gasteiger partial charge is 0.307 e. The lowest BCUT2D eigenvalue weighted by atomic mass is 9.76. The van der Waals surface area contributed by atoms with Gasteiger partial charge in [0.1, 0.15) is 5.76 Å². The van der Waals surface area contributed by atoms with E-state index in [0.29, 0.717) is 23.7 Å². The molecule has 3 aliphatic carbocycles. The summed E-state index contributed by atoms with van der Waals surface area (Å²) in [5.41, 5.74) is 0. The van der Waals surface area contributed by atoms with E-state index in [2.05, 4.69) is 12.1 Å². The lowest BCUT2D eigenvalue weighted by molar-refractivity contribution is -0.137. The highest BCUT2D eigenvalue weighted by molar-refractivity contribution is 5.67. The average Bonchev–Trinajstić information content (AvgIpc) is 2.84. The maximum absolute atomic E-state index is 10.9. The summed E-state index contributed by atoms with van der Waals surface area (Å²) in [6.07, 6.45) is 5.26. The summed E-state index contributed by atoms with van der Waals surface area (Å²) >= 11 is 0. The number of carbonyl (C=O) groups is 1. The molecule has 0 radical (unpaired) electrons. The summed E-state index contributed by atoms with van der Waals surface area (Å²) in [4.78, 5) is 10.9. The van der Waals surface area contributed by atoms with Crippen LogP contribution in [0.2, 0.25) is 0 Å².